The van der Waals surface area contributed by atoms with Gasteiger partial charge in [-0.3, -0.25) is 9.79 Å². The molecular weight excluding hydrogens is 378 g/mol. The fraction of sp³-hybridized carbons (Fsp3) is 0.652. The largest absolute Gasteiger partial charge is 0.368 e. The van der Waals surface area contributed by atoms with Gasteiger partial charge in [-0.1, -0.05) is 18.2 Å². The summed E-state index contributed by atoms with van der Waals surface area (Å²) in [7, 11) is 0. The first kappa shape index (κ1) is 21.0. The molecule has 2 fully saturated rings. The molecule has 4 rings (SSSR count). The Labute approximate surface area is 180 Å². The van der Waals surface area contributed by atoms with E-state index in [0.717, 1.165) is 71.0 Å². The molecule has 1 N–H and O–H groups in total. The van der Waals surface area contributed by atoms with Gasteiger partial charge in [0.2, 0.25) is 0 Å². The number of amides is 1. The molecule has 2 saturated heterocycles. The third-order valence-corrected chi connectivity index (χ3v) is 6.39. The van der Waals surface area contributed by atoms with Crippen molar-refractivity contribution < 1.29 is 9.53 Å². The zero-order valence-corrected chi connectivity index (χ0v) is 18.3. The van der Waals surface area contributed by atoms with Gasteiger partial charge in [-0.25, -0.2) is 0 Å². The quantitative estimate of drug-likeness (QED) is 0.588. The molecule has 0 aliphatic carbocycles. The van der Waals surface area contributed by atoms with Crippen molar-refractivity contribution in [1.82, 2.24) is 15.1 Å². The number of anilines is 1. The van der Waals surface area contributed by atoms with Gasteiger partial charge in [-0.05, 0) is 44.7 Å². The molecule has 3 heterocycles. The molecule has 1 aromatic rings. The number of benzene rings is 1. The second-order valence-corrected chi connectivity index (χ2v) is 8.43. The highest BCUT2D eigenvalue weighted by atomic mass is 16.5. The molecule has 1 aromatic carbocycles. The van der Waals surface area contributed by atoms with Crippen LogP contribution in [0.25, 0.3) is 0 Å². The molecule has 0 aromatic heterocycles. The lowest BCUT2D eigenvalue weighted by Crippen LogP contribution is -2.55. The molecule has 0 radical (unpaired) electrons. The number of rotatable bonds is 5. The van der Waals surface area contributed by atoms with Gasteiger partial charge in [0.25, 0.3) is 5.91 Å². The van der Waals surface area contributed by atoms with Crippen molar-refractivity contribution in [3.8, 4) is 0 Å². The molecule has 7 nitrogen and oxygen atoms in total. The van der Waals surface area contributed by atoms with Crippen LogP contribution in [0.3, 0.4) is 0 Å². The normalized spacial score (nSPS) is 22.9. The Balaban J connectivity index is 1.33. The van der Waals surface area contributed by atoms with Gasteiger partial charge in [0, 0.05) is 57.6 Å². The molecule has 2 unspecified atom stereocenters. The first-order valence-electron chi connectivity index (χ1n) is 11.5. The smallest absolute Gasteiger partial charge is 0.251 e. The third-order valence-electron chi connectivity index (χ3n) is 6.39. The van der Waals surface area contributed by atoms with Crippen LogP contribution in [-0.2, 0) is 16.0 Å². The van der Waals surface area contributed by atoms with E-state index in [-0.39, 0.29) is 12.0 Å². The van der Waals surface area contributed by atoms with Crippen molar-refractivity contribution in [2.24, 2.45) is 4.99 Å². The topological polar surface area (TPSA) is 60.4 Å². The summed E-state index contributed by atoms with van der Waals surface area (Å²) >= 11 is 0. The molecule has 1 amide bonds. The Hall–Kier alpha value is -2.28. The van der Waals surface area contributed by atoms with Gasteiger partial charge in [0.1, 0.15) is 6.10 Å². The number of piperazine rings is 1. The lowest BCUT2D eigenvalue weighted by atomic mass is 10.2. The molecular formula is C23H35N5O2. The van der Waals surface area contributed by atoms with Crippen LogP contribution in [0.5, 0.6) is 0 Å². The van der Waals surface area contributed by atoms with Crippen LogP contribution in [0.4, 0.5) is 5.69 Å². The van der Waals surface area contributed by atoms with Gasteiger partial charge in [-0.2, -0.15) is 0 Å². The Bertz CT molecular complexity index is 754. The van der Waals surface area contributed by atoms with Crippen LogP contribution in [0.15, 0.2) is 29.3 Å². The standard InChI is InChI=1S/C23H35N5O2/c1-3-24-23(25-17-18(2)28-11-10-19-7-4-5-8-20(19)28)27-14-12-26(13-15-27)22(29)21-9-6-16-30-21/h4-5,7-8,18,21H,3,6,9-17H2,1-2H3,(H,24,25). The van der Waals surface area contributed by atoms with Crippen molar-refractivity contribution in [3.05, 3.63) is 29.8 Å². The first-order chi connectivity index (χ1) is 14.7. The predicted molar refractivity (Wildman–Crippen MR) is 120 cm³/mol. The summed E-state index contributed by atoms with van der Waals surface area (Å²) in [6, 6.07) is 9.04. The summed E-state index contributed by atoms with van der Waals surface area (Å²) in [5.41, 5.74) is 2.79. The van der Waals surface area contributed by atoms with Crippen LogP contribution in [0.1, 0.15) is 32.3 Å². The molecule has 164 valence electrons. The Morgan fingerprint density at radius 3 is 2.70 bits per heavy atom. The van der Waals surface area contributed by atoms with Gasteiger partial charge < -0.3 is 24.8 Å². The highest BCUT2D eigenvalue weighted by Gasteiger charge is 2.31. The van der Waals surface area contributed by atoms with E-state index in [0.29, 0.717) is 12.6 Å². The fourth-order valence-electron chi connectivity index (χ4n) is 4.68. The van der Waals surface area contributed by atoms with Crippen molar-refractivity contribution in [1.29, 1.82) is 0 Å². The highest BCUT2D eigenvalue weighted by molar-refractivity contribution is 5.83. The van der Waals surface area contributed by atoms with E-state index in [2.05, 4.69) is 53.2 Å². The molecule has 3 aliphatic rings. The molecule has 0 spiro atoms. The van der Waals surface area contributed by atoms with Crippen LogP contribution >= 0.6 is 0 Å². The van der Waals surface area contributed by atoms with E-state index in [1.165, 1.54) is 11.3 Å². The van der Waals surface area contributed by atoms with Gasteiger partial charge in [-0.15, -0.1) is 0 Å². The Morgan fingerprint density at radius 1 is 1.20 bits per heavy atom. The van der Waals surface area contributed by atoms with E-state index >= 15 is 0 Å². The SMILES string of the molecule is CCNC(=NCC(C)N1CCc2ccccc21)N1CCN(C(=O)C2CCCO2)CC1. The number of hydrogen-bond donors (Lipinski definition) is 1. The zero-order valence-electron chi connectivity index (χ0n) is 18.3. The van der Waals surface area contributed by atoms with Crippen LogP contribution in [0.2, 0.25) is 0 Å². The maximum atomic E-state index is 12.6. The van der Waals surface area contributed by atoms with E-state index in [9.17, 15) is 4.79 Å². The number of carbonyl (C=O) groups is 1. The minimum absolute atomic E-state index is 0.162. The van der Waals surface area contributed by atoms with Gasteiger partial charge in [0.05, 0.1) is 6.54 Å². The Morgan fingerprint density at radius 2 is 1.97 bits per heavy atom. The highest BCUT2D eigenvalue weighted by Crippen LogP contribution is 2.29. The van der Waals surface area contributed by atoms with Crippen LogP contribution in [-0.4, -0.2) is 86.2 Å². The summed E-state index contributed by atoms with van der Waals surface area (Å²) in [4.78, 5) is 24.3. The minimum Gasteiger partial charge on any atom is -0.368 e. The average Bonchev–Trinajstić information content (AvgIpc) is 3.46. The molecule has 0 bridgehead atoms. The molecule has 7 heteroatoms. The number of aliphatic imine (C=N–C) groups is 1. The summed E-state index contributed by atoms with van der Waals surface area (Å²) in [6.07, 6.45) is 2.75. The number of fused-ring (bicyclic) bond motifs is 1. The van der Waals surface area contributed by atoms with Crippen LogP contribution in [0, 0.1) is 0 Å². The maximum Gasteiger partial charge on any atom is 0.251 e. The molecule has 0 saturated carbocycles. The average molecular weight is 414 g/mol. The number of ether oxygens (including phenoxy) is 1. The number of guanidine groups is 1. The van der Waals surface area contributed by atoms with Crippen LogP contribution < -0.4 is 10.2 Å². The summed E-state index contributed by atoms with van der Waals surface area (Å²) in [5, 5.41) is 3.45. The van der Waals surface area contributed by atoms with Crippen molar-refractivity contribution in [2.75, 3.05) is 57.3 Å². The maximum absolute atomic E-state index is 12.6. The summed E-state index contributed by atoms with van der Waals surface area (Å²) in [6.45, 7) is 10.8. The van der Waals surface area contributed by atoms with E-state index in [1.807, 2.05) is 4.90 Å². The third kappa shape index (κ3) is 4.56. The van der Waals surface area contributed by atoms with Gasteiger partial charge in [0.15, 0.2) is 5.96 Å². The first-order valence-corrected chi connectivity index (χ1v) is 11.5. The van der Waals surface area contributed by atoms with Crippen molar-refractivity contribution >= 4 is 17.6 Å². The number of para-hydroxylation sites is 1. The minimum atomic E-state index is -0.220. The lowest BCUT2D eigenvalue weighted by Gasteiger charge is -2.37. The molecule has 2 atom stereocenters. The van der Waals surface area contributed by atoms with Crippen molar-refractivity contribution in [3.63, 3.8) is 0 Å². The number of nitrogens with zero attached hydrogens (tertiary/aromatic N) is 4. The number of hydrogen-bond acceptors (Lipinski definition) is 4. The van der Waals surface area contributed by atoms with Crippen molar-refractivity contribution in [2.45, 2.75) is 45.3 Å². The number of carbonyl (C=O) groups excluding carboxylic acids is 1. The predicted octanol–water partition coefficient (Wildman–Crippen LogP) is 1.73. The second-order valence-electron chi connectivity index (χ2n) is 8.43. The summed E-state index contributed by atoms with van der Waals surface area (Å²) in [5.74, 6) is 1.12. The molecule has 3 aliphatic heterocycles. The fourth-order valence-corrected chi connectivity index (χ4v) is 4.68. The summed E-state index contributed by atoms with van der Waals surface area (Å²) < 4.78 is 5.57. The van der Waals surface area contributed by atoms with E-state index in [4.69, 9.17) is 9.73 Å². The monoisotopic (exact) mass is 413 g/mol. The van der Waals surface area contributed by atoms with E-state index in [1.54, 1.807) is 0 Å². The number of nitrogens with one attached hydrogen (secondary N) is 1. The zero-order chi connectivity index (χ0) is 20.9. The Kier molecular flexibility index (Phi) is 6.77. The second kappa shape index (κ2) is 9.69. The van der Waals surface area contributed by atoms with Gasteiger partial charge >= 0.3 is 0 Å². The molecule has 30 heavy (non-hydrogen) atoms. The van der Waals surface area contributed by atoms with E-state index < -0.39 is 0 Å². The lowest BCUT2D eigenvalue weighted by molar-refractivity contribution is -0.142.